The minimum Gasteiger partial charge on any atom is -0.300 e. The van der Waals surface area contributed by atoms with E-state index in [-0.39, 0.29) is 5.78 Å². The van der Waals surface area contributed by atoms with Crippen molar-refractivity contribution >= 4 is 11.8 Å². The van der Waals surface area contributed by atoms with Gasteiger partial charge in [0.05, 0.1) is 0 Å². The summed E-state index contributed by atoms with van der Waals surface area (Å²) in [7, 11) is 0. The highest BCUT2D eigenvalue weighted by atomic mass is 17.2. The smallest absolute Gasteiger partial charge is 0.300 e. The third kappa shape index (κ3) is 22.5. The van der Waals surface area contributed by atoms with Crippen LogP contribution >= 0.6 is 0 Å². The van der Waals surface area contributed by atoms with E-state index in [4.69, 9.17) is 0 Å². The largest absolute Gasteiger partial charge is 0.339 e. The quantitative estimate of drug-likeness (QED) is 0.511. The zero-order valence-electron chi connectivity index (χ0n) is 9.84. The molecule has 0 aliphatic carbocycles. The molecule has 0 saturated carbocycles. The molecule has 0 saturated heterocycles. The van der Waals surface area contributed by atoms with Gasteiger partial charge < -0.3 is 4.79 Å². The minimum atomic E-state index is -0.426. The first kappa shape index (κ1) is 15.6. The topological polar surface area (TPSA) is 52.6 Å². The van der Waals surface area contributed by atoms with Crippen molar-refractivity contribution in [1.82, 2.24) is 0 Å². The summed E-state index contributed by atoms with van der Waals surface area (Å²) in [5.74, 6) is -0.171. The predicted octanol–water partition coefficient (Wildman–Crippen LogP) is 2.27. The highest BCUT2D eigenvalue weighted by Gasteiger charge is 2.12. The van der Waals surface area contributed by atoms with Crippen LogP contribution in [0, 0.1) is 0 Å². The monoisotopic (exact) mass is 204 g/mol. The first-order valence-corrected chi connectivity index (χ1v) is 4.54. The Hall–Kier alpha value is -0.900. The summed E-state index contributed by atoms with van der Waals surface area (Å²) in [4.78, 5) is 28.9. The molecule has 84 valence electrons. The first-order valence-electron chi connectivity index (χ1n) is 4.54. The van der Waals surface area contributed by atoms with E-state index < -0.39 is 11.6 Å². The van der Waals surface area contributed by atoms with E-state index in [0.29, 0.717) is 6.42 Å². The summed E-state index contributed by atoms with van der Waals surface area (Å²) >= 11 is 0. The van der Waals surface area contributed by atoms with E-state index in [1.54, 1.807) is 27.7 Å². The summed E-state index contributed by atoms with van der Waals surface area (Å²) in [6, 6.07) is 0. The molecule has 0 amide bonds. The SMILES string of the molecule is CC(=O)OOC(C)(C)C.CCC(C)=O. The highest BCUT2D eigenvalue weighted by Crippen LogP contribution is 2.06. The number of rotatable bonds is 2. The van der Waals surface area contributed by atoms with Crippen molar-refractivity contribution in [1.29, 1.82) is 0 Å². The van der Waals surface area contributed by atoms with Crippen LogP contribution in [0.25, 0.3) is 0 Å². The van der Waals surface area contributed by atoms with Crippen molar-refractivity contribution in [2.45, 2.75) is 53.6 Å². The van der Waals surface area contributed by atoms with Gasteiger partial charge in [-0.25, -0.2) is 4.79 Å². The zero-order valence-corrected chi connectivity index (χ0v) is 9.84. The number of Topliss-reactive ketones (excluding diaryl/α,β-unsaturated/α-hetero) is 1. The molecule has 0 aromatic carbocycles. The van der Waals surface area contributed by atoms with Crippen molar-refractivity contribution in [3.63, 3.8) is 0 Å². The fraction of sp³-hybridized carbons (Fsp3) is 0.800. The molecular weight excluding hydrogens is 184 g/mol. The summed E-state index contributed by atoms with van der Waals surface area (Å²) in [6.45, 7) is 10.1. The Morgan fingerprint density at radius 3 is 1.57 bits per heavy atom. The molecule has 14 heavy (non-hydrogen) atoms. The zero-order chi connectivity index (χ0) is 11.8. The molecule has 4 heteroatoms. The average molecular weight is 204 g/mol. The van der Waals surface area contributed by atoms with E-state index in [0.717, 1.165) is 0 Å². The standard InChI is InChI=1S/C6H12O3.C4H8O/c1-5(7)8-9-6(2,3)4;1-3-4(2)5/h1-4H3;3H2,1-2H3. The molecule has 4 nitrogen and oxygen atoms in total. The third-order valence-electron chi connectivity index (χ3n) is 0.907. The Kier molecular flexibility index (Phi) is 8.34. The molecule has 0 N–H and O–H groups in total. The fourth-order valence-corrected chi connectivity index (χ4v) is 0.184. The summed E-state index contributed by atoms with van der Waals surface area (Å²) in [5.41, 5.74) is -0.411. The van der Waals surface area contributed by atoms with Gasteiger partial charge in [-0.15, -0.1) is 0 Å². The van der Waals surface area contributed by atoms with Gasteiger partial charge >= 0.3 is 5.97 Å². The van der Waals surface area contributed by atoms with Crippen LogP contribution in [0.2, 0.25) is 0 Å². The van der Waals surface area contributed by atoms with Gasteiger partial charge in [-0.1, -0.05) is 6.92 Å². The average Bonchev–Trinajstić information content (AvgIpc) is 2.01. The lowest BCUT2D eigenvalue weighted by molar-refractivity contribution is -0.318. The lowest BCUT2D eigenvalue weighted by atomic mass is 10.2. The molecular formula is C10H20O4. The third-order valence-corrected chi connectivity index (χ3v) is 0.907. The van der Waals surface area contributed by atoms with Crippen LogP contribution < -0.4 is 0 Å². The lowest BCUT2D eigenvalue weighted by Crippen LogP contribution is -2.20. The van der Waals surface area contributed by atoms with Gasteiger partial charge in [-0.05, 0) is 27.7 Å². The fourth-order valence-electron chi connectivity index (χ4n) is 0.184. The number of carbonyl (C=O) groups is 2. The molecule has 0 rings (SSSR count). The molecule has 0 aliphatic rings. The van der Waals surface area contributed by atoms with Crippen LogP contribution in [0.1, 0.15) is 48.0 Å². The van der Waals surface area contributed by atoms with Gasteiger partial charge in [0.25, 0.3) is 0 Å². The maximum absolute atomic E-state index is 10.1. The summed E-state index contributed by atoms with van der Waals surface area (Å²) < 4.78 is 0. The van der Waals surface area contributed by atoms with Gasteiger partial charge in [0.15, 0.2) is 0 Å². The van der Waals surface area contributed by atoms with Crippen LogP contribution in [0.15, 0.2) is 0 Å². The van der Waals surface area contributed by atoms with Crippen LogP contribution in [0.4, 0.5) is 0 Å². The maximum Gasteiger partial charge on any atom is 0.339 e. The summed E-state index contributed by atoms with van der Waals surface area (Å²) in [6.07, 6.45) is 0.667. The second kappa shape index (κ2) is 7.50. The number of hydrogen-bond acceptors (Lipinski definition) is 4. The van der Waals surface area contributed by atoms with Crippen molar-refractivity contribution in [3.8, 4) is 0 Å². The van der Waals surface area contributed by atoms with E-state index in [1.807, 2.05) is 6.92 Å². The van der Waals surface area contributed by atoms with Crippen molar-refractivity contribution in [3.05, 3.63) is 0 Å². The Bertz CT molecular complexity index is 179. The Labute approximate surface area is 85.5 Å². The van der Waals surface area contributed by atoms with E-state index in [9.17, 15) is 9.59 Å². The van der Waals surface area contributed by atoms with Crippen LogP contribution in [-0.4, -0.2) is 17.4 Å². The molecule has 0 radical (unpaired) electrons. The molecule has 0 heterocycles. The predicted molar refractivity (Wildman–Crippen MR) is 53.6 cm³/mol. The summed E-state index contributed by atoms with van der Waals surface area (Å²) in [5, 5.41) is 0. The van der Waals surface area contributed by atoms with Gasteiger partial charge in [0.1, 0.15) is 11.4 Å². The van der Waals surface area contributed by atoms with E-state index >= 15 is 0 Å². The van der Waals surface area contributed by atoms with Gasteiger partial charge in [-0.2, -0.15) is 4.89 Å². The molecule has 0 atom stereocenters. The molecule has 0 unspecified atom stereocenters. The van der Waals surface area contributed by atoms with Crippen molar-refractivity contribution < 1.29 is 19.4 Å². The van der Waals surface area contributed by atoms with E-state index in [2.05, 4.69) is 9.78 Å². The molecule has 0 fully saturated rings. The lowest BCUT2D eigenvalue weighted by Gasteiger charge is -2.15. The Morgan fingerprint density at radius 1 is 1.14 bits per heavy atom. The maximum atomic E-state index is 10.1. The van der Waals surface area contributed by atoms with Gasteiger partial charge in [0, 0.05) is 13.3 Å². The number of hydrogen-bond donors (Lipinski definition) is 0. The number of carbonyl (C=O) groups excluding carboxylic acids is 2. The molecule has 0 aliphatic heterocycles. The Morgan fingerprint density at radius 2 is 1.50 bits per heavy atom. The van der Waals surface area contributed by atoms with Crippen LogP contribution in [0.3, 0.4) is 0 Å². The van der Waals surface area contributed by atoms with Gasteiger partial charge in [-0.3, -0.25) is 4.89 Å². The second-order valence-electron chi connectivity index (χ2n) is 3.83. The molecule has 0 spiro atoms. The Balaban J connectivity index is 0. The van der Waals surface area contributed by atoms with Crippen molar-refractivity contribution in [2.24, 2.45) is 0 Å². The molecule has 0 aromatic heterocycles. The molecule has 0 bridgehead atoms. The second-order valence-corrected chi connectivity index (χ2v) is 3.83. The van der Waals surface area contributed by atoms with E-state index in [1.165, 1.54) is 6.92 Å². The van der Waals surface area contributed by atoms with Gasteiger partial charge in [0.2, 0.25) is 0 Å². The number of ketones is 1. The highest BCUT2D eigenvalue weighted by molar-refractivity contribution is 5.74. The first-order chi connectivity index (χ1) is 6.19. The van der Waals surface area contributed by atoms with Crippen molar-refractivity contribution in [2.75, 3.05) is 0 Å². The normalized spacial score (nSPS) is 9.86. The van der Waals surface area contributed by atoms with Crippen LogP contribution in [0.5, 0.6) is 0 Å². The minimum absolute atomic E-state index is 0.255. The van der Waals surface area contributed by atoms with Crippen LogP contribution in [-0.2, 0) is 19.4 Å². The molecule has 0 aromatic rings.